The summed E-state index contributed by atoms with van der Waals surface area (Å²) in [6.07, 6.45) is 0.836. The summed E-state index contributed by atoms with van der Waals surface area (Å²) in [6, 6.07) is 10.2. The van der Waals surface area contributed by atoms with Gasteiger partial charge in [-0.2, -0.15) is 0 Å². The maximum Gasteiger partial charge on any atom is 0.188 e. The number of nitrogens with zero attached hydrogens (tertiary/aromatic N) is 1. The van der Waals surface area contributed by atoms with Gasteiger partial charge in [-0.15, -0.1) is 0 Å². The van der Waals surface area contributed by atoms with Gasteiger partial charge in [0, 0.05) is 53.2 Å². The maximum absolute atomic E-state index is 6.16. The summed E-state index contributed by atoms with van der Waals surface area (Å²) >= 11 is 6.16. The van der Waals surface area contributed by atoms with Crippen LogP contribution in [0.25, 0.3) is 21.8 Å². The van der Waals surface area contributed by atoms with Crippen LogP contribution in [0.1, 0.15) is 5.56 Å². The molecule has 0 aliphatic rings. The van der Waals surface area contributed by atoms with E-state index in [1.807, 2.05) is 25.2 Å². The molecule has 0 atom stereocenters. The fraction of sp³-hybridized carbons (Fsp3) is 0.235. The number of aliphatic imine (C=N–C) groups is 1. The molecule has 0 unspecified atom stereocenters. The van der Waals surface area contributed by atoms with Gasteiger partial charge in [-0.3, -0.25) is 4.99 Å². The first-order valence-corrected chi connectivity index (χ1v) is 7.88. The number of hydrogen-bond acceptors (Lipinski definition) is 2. The van der Waals surface area contributed by atoms with Gasteiger partial charge in [-0.1, -0.05) is 11.6 Å². The van der Waals surface area contributed by atoms with E-state index >= 15 is 0 Å². The lowest BCUT2D eigenvalue weighted by atomic mass is 10.0. The average molecular weight is 330 g/mol. The van der Waals surface area contributed by atoms with Crippen molar-refractivity contribution in [3.05, 3.63) is 40.9 Å². The second-order valence-corrected chi connectivity index (χ2v) is 5.84. The van der Waals surface area contributed by atoms with E-state index in [4.69, 9.17) is 17.3 Å². The molecule has 0 aliphatic heterocycles. The molecule has 3 aromatic rings. The summed E-state index contributed by atoms with van der Waals surface area (Å²) in [5, 5.41) is 9.36. The number of aromatic nitrogens is 1. The highest BCUT2D eigenvalue weighted by Gasteiger charge is 2.10. The molecule has 0 radical (unpaired) electrons. The topological polar surface area (TPSA) is 78.2 Å². The summed E-state index contributed by atoms with van der Waals surface area (Å²) in [5.41, 5.74) is 10.2. The molecule has 0 amide bonds. The summed E-state index contributed by atoms with van der Waals surface area (Å²) in [6.45, 7) is 0.724. The molecule has 5 nitrogen and oxygen atoms in total. The van der Waals surface area contributed by atoms with Crippen LogP contribution in [0.15, 0.2) is 35.3 Å². The van der Waals surface area contributed by atoms with Gasteiger partial charge in [-0.05, 0) is 42.3 Å². The van der Waals surface area contributed by atoms with Gasteiger partial charge in [0.05, 0.1) is 0 Å². The molecule has 1 aromatic heterocycles. The Morgan fingerprint density at radius 2 is 2.09 bits per heavy atom. The highest BCUT2D eigenvalue weighted by Crippen LogP contribution is 2.32. The van der Waals surface area contributed by atoms with E-state index in [1.165, 1.54) is 10.9 Å². The highest BCUT2D eigenvalue weighted by atomic mass is 35.5. The summed E-state index contributed by atoms with van der Waals surface area (Å²) in [5.74, 6) is 0.453. The van der Waals surface area contributed by atoms with Crippen molar-refractivity contribution >= 4 is 45.1 Å². The lowest BCUT2D eigenvalue weighted by Gasteiger charge is -2.09. The van der Waals surface area contributed by atoms with E-state index in [0.717, 1.165) is 40.1 Å². The first-order chi connectivity index (χ1) is 11.1. The SMILES string of the molecule is CN=C(N)NCCc1cc(NC)cc2c1[nH]c1ccc(Cl)cc12. The van der Waals surface area contributed by atoms with Gasteiger partial charge in [0.15, 0.2) is 5.96 Å². The molecular formula is C17H20ClN5. The zero-order valence-corrected chi connectivity index (χ0v) is 14.0. The second-order valence-electron chi connectivity index (χ2n) is 5.41. The third-order valence-corrected chi connectivity index (χ3v) is 4.22. The smallest absolute Gasteiger partial charge is 0.188 e. The number of anilines is 1. The molecule has 0 saturated heterocycles. The van der Waals surface area contributed by atoms with Crippen LogP contribution in [0.2, 0.25) is 5.02 Å². The lowest BCUT2D eigenvalue weighted by molar-refractivity contribution is 0.860. The van der Waals surface area contributed by atoms with Crippen molar-refractivity contribution in [2.24, 2.45) is 10.7 Å². The third kappa shape index (κ3) is 3.05. The zero-order chi connectivity index (χ0) is 16.4. The molecule has 23 heavy (non-hydrogen) atoms. The van der Waals surface area contributed by atoms with Crippen LogP contribution in [-0.4, -0.2) is 31.6 Å². The van der Waals surface area contributed by atoms with Gasteiger partial charge >= 0.3 is 0 Å². The Kier molecular flexibility index (Phi) is 4.30. The number of H-pyrrole nitrogens is 1. The zero-order valence-electron chi connectivity index (χ0n) is 13.2. The Bertz CT molecular complexity index is 881. The van der Waals surface area contributed by atoms with Crippen molar-refractivity contribution in [3.8, 4) is 0 Å². The molecule has 6 heteroatoms. The van der Waals surface area contributed by atoms with Crippen LogP contribution in [-0.2, 0) is 6.42 Å². The molecule has 0 bridgehead atoms. The standard InChI is InChI=1S/C17H20ClN5/c1-20-12-7-10(5-6-22-17(19)21-2)16-14(9-12)13-8-11(18)3-4-15(13)23-16/h3-4,7-9,20,23H,5-6H2,1-2H3,(H3,19,21,22). The fourth-order valence-corrected chi connectivity index (χ4v) is 2.96. The summed E-state index contributed by atoms with van der Waals surface area (Å²) < 4.78 is 0. The molecule has 120 valence electrons. The fourth-order valence-electron chi connectivity index (χ4n) is 2.79. The molecule has 0 spiro atoms. The van der Waals surface area contributed by atoms with Gasteiger partial charge in [0.1, 0.15) is 0 Å². The molecule has 1 heterocycles. The molecule has 0 aliphatic carbocycles. The maximum atomic E-state index is 6.16. The first-order valence-electron chi connectivity index (χ1n) is 7.50. The molecule has 2 aromatic carbocycles. The van der Waals surface area contributed by atoms with Crippen molar-refractivity contribution in [1.82, 2.24) is 10.3 Å². The minimum Gasteiger partial charge on any atom is -0.388 e. The van der Waals surface area contributed by atoms with Crippen LogP contribution >= 0.6 is 11.6 Å². The molecule has 0 saturated carbocycles. The molecule has 0 fully saturated rings. The van der Waals surface area contributed by atoms with Crippen LogP contribution in [0, 0.1) is 0 Å². The summed E-state index contributed by atoms with van der Waals surface area (Å²) in [4.78, 5) is 7.41. The van der Waals surface area contributed by atoms with Crippen LogP contribution in [0.4, 0.5) is 5.69 Å². The average Bonchev–Trinajstić information content (AvgIpc) is 2.92. The van der Waals surface area contributed by atoms with Crippen molar-refractivity contribution < 1.29 is 0 Å². The van der Waals surface area contributed by atoms with Gasteiger partial charge in [0.2, 0.25) is 0 Å². The minimum atomic E-state index is 0.453. The number of guanidine groups is 1. The monoisotopic (exact) mass is 329 g/mol. The lowest BCUT2D eigenvalue weighted by Crippen LogP contribution is -2.32. The van der Waals surface area contributed by atoms with Gasteiger partial charge in [-0.25, -0.2) is 0 Å². The Morgan fingerprint density at radius 3 is 2.83 bits per heavy atom. The normalized spacial score (nSPS) is 12.0. The second kappa shape index (κ2) is 6.38. The van der Waals surface area contributed by atoms with Crippen LogP contribution in [0.5, 0.6) is 0 Å². The first kappa shape index (κ1) is 15.5. The van der Waals surface area contributed by atoms with E-state index < -0.39 is 0 Å². The Labute approximate surface area is 139 Å². The van der Waals surface area contributed by atoms with Crippen molar-refractivity contribution in [2.45, 2.75) is 6.42 Å². The number of nitrogens with one attached hydrogen (secondary N) is 3. The summed E-state index contributed by atoms with van der Waals surface area (Å²) in [7, 11) is 3.59. The Hall–Kier alpha value is -2.40. The van der Waals surface area contributed by atoms with Gasteiger partial charge in [0.25, 0.3) is 0 Å². The number of nitrogens with two attached hydrogens (primary N) is 1. The van der Waals surface area contributed by atoms with Crippen LogP contribution in [0.3, 0.4) is 0 Å². The molecular weight excluding hydrogens is 310 g/mol. The van der Waals surface area contributed by atoms with E-state index in [0.29, 0.717) is 5.96 Å². The number of aromatic amines is 1. The Balaban J connectivity index is 2.07. The number of fused-ring (bicyclic) bond motifs is 3. The van der Waals surface area contributed by atoms with E-state index in [-0.39, 0.29) is 0 Å². The van der Waals surface area contributed by atoms with Crippen LogP contribution < -0.4 is 16.4 Å². The quantitative estimate of drug-likeness (QED) is 0.439. The van der Waals surface area contributed by atoms with Crippen molar-refractivity contribution in [3.63, 3.8) is 0 Å². The Morgan fingerprint density at radius 1 is 1.26 bits per heavy atom. The highest BCUT2D eigenvalue weighted by molar-refractivity contribution is 6.31. The predicted octanol–water partition coefficient (Wildman–Crippen LogP) is 3.09. The van der Waals surface area contributed by atoms with E-state index in [2.05, 4.69) is 32.7 Å². The predicted molar refractivity (Wildman–Crippen MR) is 99.6 cm³/mol. The van der Waals surface area contributed by atoms with E-state index in [1.54, 1.807) is 7.05 Å². The van der Waals surface area contributed by atoms with E-state index in [9.17, 15) is 0 Å². The largest absolute Gasteiger partial charge is 0.388 e. The molecule has 3 rings (SSSR count). The number of rotatable bonds is 4. The number of benzene rings is 2. The third-order valence-electron chi connectivity index (χ3n) is 3.98. The molecule has 5 N–H and O–H groups in total. The number of hydrogen-bond donors (Lipinski definition) is 4. The van der Waals surface area contributed by atoms with Crippen molar-refractivity contribution in [2.75, 3.05) is 26.0 Å². The van der Waals surface area contributed by atoms with Gasteiger partial charge < -0.3 is 21.4 Å². The van der Waals surface area contributed by atoms with Crippen molar-refractivity contribution in [1.29, 1.82) is 0 Å². The number of halogens is 1. The minimum absolute atomic E-state index is 0.453.